The zero-order valence-electron chi connectivity index (χ0n) is 0.707. The summed E-state index contributed by atoms with van der Waals surface area (Å²) in [5.74, 6) is 0. The van der Waals surface area contributed by atoms with Crippen LogP contribution in [0.25, 0.3) is 0 Å². The molecule has 0 aromatic rings. The van der Waals surface area contributed by atoms with Crippen LogP contribution >= 0.6 is 0 Å². The van der Waals surface area contributed by atoms with Gasteiger partial charge in [-0.1, -0.05) is 16.8 Å². The van der Waals surface area contributed by atoms with Crippen molar-refractivity contribution in [2.24, 2.45) is 0 Å². The number of rotatable bonds is 0. The van der Waals surface area contributed by atoms with Crippen molar-refractivity contribution in [1.29, 1.82) is 0 Å². The second-order valence-electron chi connectivity index (χ2n) is 0. The van der Waals surface area contributed by atoms with E-state index >= 15 is 0 Å². The Bertz CT molecular complexity index is 3.25. The zero-order valence-corrected chi connectivity index (χ0v) is 3.67. The fourth-order valence-corrected chi connectivity index (χ4v) is 0. The van der Waals surface area contributed by atoms with Crippen molar-refractivity contribution in [2.75, 3.05) is 0 Å². The maximum Gasteiger partial charge on any atom is 2.00 e. The van der Waals surface area contributed by atoms with E-state index in [0.717, 1.165) is 0 Å². The number of hydrogen-bond acceptors (Lipinski definition) is 0. The molecule has 22 valence electrons. The molecule has 0 spiro atoms. The molecule has 0 radical (unpaired) electrons. The standard InChI is InChI=1S/2BH4.BH3.Zn/h2*1H4;1H3;/q2*-1;;+2. The van der Waals surface area contributed by atoms with Crippen LogP contribution in [0.15, 0.2) is 0 Å². The Balaban J connectivity index is 0. The summed E-state index contributed by atoms with van der Waals surface area (Å²) in [6.07, 6.45) is 0. The van der Waals surface area contributed by atoms with E-state index in [4.69, 9.17) is 0 Å². The maximum absolute atomic E-state index is 0. The van der Waals surface area contributed by atoms with Crippen LogP contribution in [0.3, 0.4) is 0 Å². The summed E-state index contributed by atoms with van der Waals surface area (Å²) in [6, 6.07) is 0. The first-order valence-corrected chi connectivity index (χ1v) is 0. The van der Waals surface area contributed by atoms with Gasteiger partial charge in [0.25, 0.3) is 0 Å². The van der Waals surface area contributed by atoms with Gasteiger partial charge in [-0.25, -0.2) is 0 Å². The van der Waals surface area contributed by atoms with Crippen LogP contribution in [0.2, 0.25) is 0 Å². The molecule has 0 aliphatic carbocycles. The van der Waals surface area contributed by atoms with Gasteiger partial charge < -0.3 is 0 Å². The fraction of sp³-hybridized carbons (Fsp3) is 0. The van der Waals surface area contributed by atoms with Gasteiger partial charge in [0.1, 0.15) is 0 Å². The molecule has 0 aromatic heterocycles. The minimum absolute atomic E-state index is 0. The molecule has 0 saturated heterocycles. The van der Waals surface area contributed by atoms with E-state index in [1.54, 1.807) is 0 Å². The summed E-state index contributed by atoms with van der Waals surface area (Å²) in [6.45, 7) is 0. The van der Waals surface area contributed by atoms with E-state index in [9.17, 15) is 0 Å². The molecular weight excluding hydrogens is 97.8 g/mol. The maximum atomic E-state index is 0. The largest absolute Gasteiger partial charge is 2.00 e. The van der Waals surface area contributed by atoms with E-state index in [1.165, 1.54) is 0 Å². The van der Waals surface area contributed by atoms with Crippen LogP contribution in [0, 0.1) is 0 Å². The predicted molar refractivity (Wildman–Crippen MR) is 32.6 cm³/mol. The molecule has 0 unspecified atom stereocenters. The fourth-order valence-electron chi connectivity index (χ4n) is 0. The Morgan fingerprint density at radius 3 is 0.750 bits per heavy atom. The van der Waals surface area contributed by atoms with Crippen molar-refractivity contribution < 1.29 is 19.5 Å². The SMILES string of the molecule is B.[BH4-].[BH4-].[Zn+2]. The van der Waals surface area contributed by atoms with Crippen LogP contribution in [-0.2, 0) is 19.5 Å². The summed E-state index contributed by atoms with van der Waals surface area (Å²) in [7, 11) is 0. The van der Waals surface area contributed by atoms with Gasteiger partial charge in [0, 0.05) is 0 Å². The van der Waals surface area contributed by atoms with E-state index in [1.807, 2.05) is 0 Å². The second kappa shape index (κ2) is 45.3. The first kappa shape index (κ1) is 105. The first-order valence-electron chi connectivity index (χ1n) is 0. The molecule has 0 aliphatic heterocycles. The minimum Gasteiger partial charge on any atom is -0.0626 e. The molecule has 0 atom stereocenters. The second-order valence-corrected chi connectivity index (χ2v) is 0. The summed E-state index contributed by atoms with van der Waals surface area (Å²) >= 11 is 0. The van der Waals surface area contributed by atoms with E-state index in [2.05, 4.69) is 0 Å². The molecule has 0 rings (SSSR count). The Kier molecular flexibility index (Phi) is 1190. The summed E-state index contributed by atoms with van der Waals surface area (Å²) < 4.78 is 0. The smallest absolute Gasteiger partial charge is 0.0626 e. The Labute approximate surface area is 45.2 Å². The van der Waals surface area contributed by atoms with Gasteiger partial charge in [-0.05, 0) is 0 Å². The van der Waals surface area contributed by atoms with Crippen molar-refractivity contribution in [3.63, 3.8) is 0 Å². The monoisotopic (exact) mass is 108 g/mol. The van der Waals surface area contributed by atoms with Gasteiger partial charge in [-0.3, -0.25) is 0 Å². The molecule has 0 saturated carbocycles. The molecule has 4 heavy (non-hydrogen) atoms. The van der Waals surface area contributed by atoms with Crippen LogP contribution in [0.5, 0.6) is 0 Å². The summed E-state index contributed by atoms with van der Waals surface area (Å²) in [5, 5.41) is 0. The predicted octanol–water partition coefficient (Wildman–Crippen LogP) is -4.09. The molecule has 0 amide bonds. The van der Waals surface area contributed by atoms with Gasteiger partial charge in [0.05, 0.1) is 8.41 Å². The molecule has 0 N–H and O–H groups in total. The molecular formula is H11B3Zn. The minimum atomic E-state index is 0. The number of hydrogen-bond donors (Lipinski definition) is 0. The van der Waals surface area contributed by atoms with Crippen LogP contribution in [0.4, 0.5) is 0 Å². The molecule has 0 bridgehead atoms. The van der Waals surface area contributed by atoms with Crippen LogP contribution in [0.1, 0.15) is 0 Å². The van der Waals surface area contributed by atoms with E-state index < -0.39 is 0 Å². The molecule has 0 aromatic carbocycles. The molecule has 0 aliphatic rings. The third-order valence-electron chi connectivity index (χ3n) is 0. The Morgan fingerprint density at radius 2 is 0.750 bits per heavy atom. The van der Waals surface area contributed by atoms with Gasteiger partial charge in [0.2, 0.25) is 0 Å². The molecule has 4 heteroatoms. The van der Waals surface area contributed by atoms with Crippen molar-refractivity contribution >= 4 is 25.2 Å². The quantitative estimate of drug-likeness (QED) is 0.277. The van der Waals surface area contributed by atoms with Gasteiger partial charge >= 0.3 is 19.5 Å². The zero-order chi connectivity index (χ0) is 0. The van der Waals surface area contributed by atoms with Crippen LogP contribution in [-0.4, -0.2) is 25.2 Å². The average molecular weight is 109 g/mol. The third-order valence-corrected chi connectivity index (χ3v) is 0. The van der Waals surface area contributed by atoms with Crippen LogP contribution < -0.4 is 0 Å². The normalized spacial score (nSPS) is 0. The summed E-state index contributed by atoms with van der Waals surface area (Å²) in [5.41, 5.74) is 0. The first-order chi connectivity index (χ1) is 0. The average Bonchev–Trinajstić information content (AvgIpc) is 0. The van der Waals surface area contributed by atoms with Crippen molar-refractivity contribution in [3.05, 3.63) is 0 Å². The summed E-state index contributed by atoms with van der Waals surface area (Å²) in [4.78, 5) is 0. The molecule has 0 fully saturated rings. The molecule has 0 heterocycles. The Morgan fingerprint density at radius 1 is 0.750 bits per heavy atom. The van der Waals surface area contributed by atoms with E-state index in [0.29, 0.717) is 0 Å². The van der Waals surface area contributed by atoms with Crippen molar-refractivity contribution in [3.8, 4) is 0 Å². The van der Waals surface area contributed by atoms with Crippen molar-refractivity contribution in [1.82, 2.24) is 0 Å². The third kappa shape index (κ3) is 13.9. The van der Waals surface area contributed by atoms with E-state index in [-0.39, 0.29) is 44.7 Å². The van der Waals surface area contributed by atoms with Crippen molar-refractivity contribution in [2.45, 2.75) is 0 Å². The van der Waals surface area contributed by atoms with Gasteiger partial charge in [-0.15, -0.1) is 0 Å². The topological polar surface area (TPSA) is 0 Å². The Hall–Kier alpha value is 0.818. The van der Waals surface area contributed by atoms with Gasteiger partial charge in [0.15, 0.2) is 0 Å². The molecule has 0 nitrogen and oxygen atoms in total. The van der Waals surface area contributed by atoms with Gasteiger partial charge in [-0.2, -0.15) is 0 Å².